The zero-order valence-corrected chi connectivity index (χ0v) is 16.4. The lowest BCUT2D eigenvalue weighted by atomic mass is 9.92. The molecule has 1 aliphatic rings. The van der Waals surface area contributed by atoms with Crippen molar-refractivity contribution in [3.63, 3.8) is 0 Å². The van der Waals surface area contributed by atoms with Crippen molar-refractivity contribution in [2.45, 2.75) is 30.6 Å². The predicted molar refractivity (Wildman–Crippen MR) is 107 cm³/mol. The number of nitrogens with zero attached hydrogens (tertiary/aromatic N) is 2. The summed E-state index contributed by atoms with van der Waals surface area (Å²) in [6.45, 7) is 0. The van der Waals surface area contributed by atoms with Crippen LogP contribution in [0.4, 0.5) is 5.69 Å². The number of fused-ring (bicyclic) bond motifs is 1. The van der Waals surface area contributed by atoms with E-state index in [0.29, 0.717) is 17.1 Å². The van der Waals surface area contributed by atoms with Crippen LogP contribution in [0.1, 0.15) is 40.2 Å². The normalized spacial score (nSPS) is 13.8. The molecule has 0 fully saturated rings. The number of carbonyl (C=O) groups excluding carboxylic acids is 1. The molecule has 0 saturated heterocycles. The first-order valence-electron chi connectivity index (χ1n) is 9.21. The van der Waals surface area contributed by atoms with Crippen molar-refractivity contribution >= 4 is 21.5 Å². The third-order valence-corrected chi connectivity index (χ3v) is 6.43. The summed E-state index contributed by atoms with van der Waals surface area (Å²) in [4.78, 5) is 16.8. The fraction of sp³-hybridized carbons (Fsp3) is 0.238. The highest BCUT2D eigenvalue weighted by molar-refractivity contribution is 7.92. The molecule has 0 atom stereocenters. The van der Waals surface area contributed by atoms with Gasteiger partial charge >= 0.3 is 0 Å². The van der Waals surface area contributed by atoms with E-state index in [4.69, 9.17) is 0 Å². The minimum absolute atomic E-state index is 0.211. The van der Waals surface area contributed by atoms with Crippen LogP contribution in [0.15, 0.2) is 59.8 Å². The summed E-state index contributed by atoms with van der Waals surface area (Å²) in [5.41, 5.74) is 3.22. The van der Waals surface area contributed by atoms with Crippen molar-refractivity contribution in [1.29, 1.82) is 0 Å². The Morgan fingerprint density at radius 3 is 2.43 bits per heavy atom. The van der Waals surface area contributed by atoms with Gasteiger partial charge in [-0.3, -0.25) is 9.52 Å². The number of benzene rings is 2. The summed E-state index contributed by atoms with van der Waals surface area (Å²) >= 11 is 0. The Hall–Kier alpha value is -2.93. The molecule has 4 rings (SSSR count). The van der Waals surface area contributed by atoms with Gasteiger partial charge in [0, 0.05) is 30.7 Å². The van der Waals surface area contributed by atoms with Crippen LogP contribution in [0.2, 0.25) is 0 Å². The smallest absolute Gasteiger partial charge is 0.261 e. The fourth-order valence-electron chi connectivity index (χ4n) is 3.49. The van der Waals surface area contributed by atoms with E-state index in [0.717, 1.165) is 31.2 Å². The molecule has 3 aromatic rings. The lowest BCUT2D eigenvalue weighted by Gasteiger charge is -2.17. The minimum Gasteiger partial charge on any atom is -0.331 e. The number of nitrogens with one attached hydrogen (secondary N) is 1. The second-order valence-corrected chi connectivity index (χ2v) is 8.69. The molecule has 28 heavy (non-hydrogen) atoms. The molecule has 1 aromatic heterocycles. The maximum Gasteiger partial charge on any atom is 0.261 e. The molecular weight excluding hydrogens is 374 g/mol. The van der Waals surface area contributed by atoms with Gasteiger partial charge in [0.2, 0.25) is 5.78 Å². The molecule has 1 aliphatic carbocycles. The van der Waals surface area contributed by atoms with Gasteiger partial charge in [0.05, 0.1) is 4.90 Å². The van der Waals surface area contributed by atoms with Crippen molar-refractivity contribution < 1.29 is 13.2 Å². The Balaban J connectivity index is 1.54. The first kappa shape index (κ1) is 18.4. The first-order valence-corrected chi connectivity index (χ1v) is 10.7. The predicted octanol–water partition coefficient (Wildman–Crippen LogP) is 3.33. The molecule has 0 bridgehead atoms. The summed E-state index contributed by atoms with van der Waals surface area (Å²) in [5.74, 6) is 0.124. The number of hydrogen-bond donors (Lipinski definition) is 1. The zero-order valence-electron chi connectivity index (χ0n) is 15.6. The minimum atomic E-state index is -3.68. The van der Waals surface area contributed by atoms with Crippen LogP contribution in [0.3, 0.4) is 0 Å². The third kappa shape index (κ3) is 3.57. The summed E-state index contributed by atoms with van der Waals surface area (Å²) in [7, 11) is -1.93. The van der Waals surface area contributed by atoms with E-state index in [1.54, 1.807) is 60.4 Å². The van der Waals surface area contributed by atoms with Crippen LogP contribution < -0.4 is 4.72 Å². The van der Waals surface area contributed by atoms with Crippen LogP contribution in [-0.4, -0.2) is 23.8 Å². The third-order valence-electron chi connectivity index (χ3n) is 5.05. The average Bonchev–Trinajstić information content (AvgIpc) is 3.13. The number of imidazole rings is 1. The van der Waals surface area contributed by atoms with Crippen LogP contribution >= 0.6 is 0 Å². The van der Waals surface area contributed by atoms with E-state index < -0.39 is 10.0 Å². The lowest BCUT2D eigenvalue weighted by molar-refractivity contribution is 0.102. The molecule has 0 amide bonds. The maximum atomic E-state index is 12.7. The van der Waals surface area contributed by atoms with E-state index in [1.165, 1.54) is 5.56 Å². The molecule has 0 unspecified atom stereocenters. The largest absolute Gasteiger partial charge is 0.331 e. The molecule has 1 N–H and O–H groups in total. The molecule has 2 aromatic carbocycles. The lowest BCUT2D eigenvalue weighted by Crippen LogP contribution is -2.14. The van der Waals surface area contributed by atoms with Gasteiger partial charge < -0.3 is 4.57 Å². The van der Waals surface area contributed by atoms with Crippen molar-refractivity contribution in [3.05, 3.63) is 77.4 Å². The van der Waals surface area contributed by atoms with E-state index >= 15 is 0 Å². The molecule has 0 saturated carbocycles. The highest BCUT2D eigenvalue weighted by atomic mass is 32.2. The van der Waals surface area contributed by atoms with Crippen molar-refractivity contribution in [1.82, 2.24) is 9.55 Å². The molecule has 0 radical (unpaired) electrons. The molecule has 0 aliphatic heterocycles. The van der Waals surface area contributed by atoms with E-state index in [1.807, 2.05) is 6.07 Å². The zero-order chi connectivity index (χ0) is 19.7. The van der Waals surface area contributed by atoms with E-state index in [-0.39, 0.29) is 10.7 Å². The highest BCUT2D eigenvalue weighted by Gasteiger charge is 2.19. The van der Waals surface area contributed by atoms with Crippen LogP contribution in [0.5, 0.6) is 0 Å². The quantitative estimate of drug-likeness (QED) is 0.672. The van der Waals surface area contributed by atoms with Gasteiger partial charge in [-0.2, -0.15) is 0 Å². The van der Waals surface area contributed by atoms with Crippen molar-refractivity contribution in [2.75, 3.05) is 4.72 Å². The van der Waals surface area contributed by atoms with E-state index in [9.17, 15) is 13.2 Å². The number of sulfonamides is 1. The van der Waals surface area contributed by atoms with E-state index in [2.05, 4.69) is 9.71 Å². The summed E-state index contributed by atoms with van der Waals surface area (Å²) < 4.78 is 29.7. The molecular formula is C21H21N3O3S. The maximum absolute atomic E-state index is 12.7. The van der Waals surface area contributed by atoms with Gasteiger partial charge in [0.1, 0.15) is 0 Å². The molecule has 144 valence electrons. The second kappa shape index (κ2) is 7.24. The van der Waals surface area contributed by atoms with Crippen LogP contribution in [-0.2, 0) is 29.9 Å². The summed E-state index contributed by atoms with van der Waals surface area (Å²) in [5, 5.41) is 0. The number of aryl methyl sites for hydroxylation is 3. The van der Waals surface area contributed by atoms with Gasteiger partial charge in [-0.25, -0.2) is 13.4 Å². The Kier molecular flexibility index (Phi) is 4.77. The van der Waals surface area contributed by atoms with Gasteiger partial charge in [0.25, 0.3) is 10.0 Å². The first-order chi connectivity index (χ1) is 13.4. The standard InChI is InChI=1S/C21H21N3O3S/c1-24-13-12-22-21(24)20(25)16-6-9-18(10-7-16)23-28(26,27)19-11-8-15-4-2-3-5-17(15)14-19/h6-14,23H,2-5H2,1H3. The Labute approximate surface area is 164 Å². The Bertz CT molecular complexity index is 1130. The summed E-state index contributed by atoms with van der Waals surface area (Å²) in [6.07, 6.45) is 7.44. The topological polar surface area (TPSA) is 81.1 Å². The number of aromatic nitrogens is 2. The monoisotopic (exact) mass is 395 g/mol. The second-order valence-electron chi connectivity index (χ2n) is 7.01. The molecule has 0 spiro atoms. The molecule has 7 heteroatoms. The fourth-order valence-corrected chi connectivity index (χ4v) is 4.60. The molecule has 1 heterocycles. The molecule has 6 nitrogen and oxygen atoms in total. The average molecular weight is 395 g/mol. The summed E-state index contributed by atoms with van der Waals surface area (Å²) in [6, 6.07) is 11.7. The van der Waals surface area contributed by atoms with Gasteiger partial charge in [-0.05, 0) is 73.2 Å². The number of hydrogen-bond acceptors (Lipinski definition) is 4. The number of anilines is 1. The number of carbonyl (C=O) groups is 1. The Morgan fingerprint density at radius 2 is 1.75 bits per heavy atom. The van der Waals surface area contributed by atoms with Gasteiger partial charge in [-0.1, -0.05) is 6.07 Å². The van der Waals surface area contributed by atoms with Crippen molar-refractivity contribution in [2.24, 2.45) is 7.05 Å². The van der Waals surface area contributed by atoms with Crippen LogP contribution in [0.25, 0.3) is 0 Å². The van der Waals surface area contributed by atoms with Crippen LogP contribution in [0, 0.1) is 0 Å². The van der Waals surface area contributed by atoms with Gasteiger partial charge in [0.15, 0.2) is 5.82 Å². The van der Waals surface area contributed by atoms with Crippen molar-refractivity contribution in [3.8, 4) is 0 Å². The Morgan fingerprint density at radius 1 is 1.04 bits per heavy atom. The SMILES string of the molecule is Cn1ccnc1C(=O)c1ccc(NS(=O)(=O)c2ccc3c(c2)CCCC3)cc1. The highest BCUT2D eigenvalue weighted by Crippen LogP contribution is 2.25. The number of rotatable bonds is 5. The number of ketones is 1. The van der Waals surface area contributed by atoms with Gasteiger partial charge in [-0.15, -0.1) is 0 Å².